The third kappa shape index (κ3) is 4.55. The molecule has 0 heterocycles. The fourth-order valence-electron chi connectivity index (χ4n) is 2.40. The molecule has 3 heteroatoms. The largest absolute Gasteiger partial charge is 0.310 e. The predicted molar refractivity (Wildman–Crippen MR) is 87.3 cm³/mol. The van der Waals surface area contributed by atoms with Crippen molar-refractivity contribution in [2.75, 3.05) is 6.54 Å². The van der Waals surface area contributed by atoms with Crippen molar-refractivity contribution in [3.05, 3.63) is 70.0 Å². The fraction of sp³-hybridized carbons (Fsp3) is 0.333. The third-order valence-corrected chi connectivity index (χ3v) is 3.90. The van der Waals surface area contributed by atoms with Crippen molar-refractivity contribution in [3.63, 3.8) is 0 Å². The Morgan fingerprint density at radius 1 is 1.14 bits per heavy atom. The van der Waals surface area contributed by atoms with Crippen LogP contribution in [-0.4, -0.2) is 6.54 Å². The first-order valence-electron chi connectivity index (χ1n) is 7.34. The Labute approximate surface area is 131 Å². The van der Waals surface area contributed by atoms with Crippen LogP contribution in [0, 0.1) is 12.7 Å². The van der Waals surface area contributed by atoms with Gasteiger partial charge in [0.05, 0.1) is 0 Å². The molecule has 0 saturated heterocycles. The summed E-state index contributed by atoms with van der Waals surface area (Å²) < 4.78 is 13.5. The van der Waals surface area contributed by atoms with Crippen LogP contribution in [0.1, 0.15) is 36.1 Å². The van der Waals surface area contributed by atoms with Gasteiger partial charge in [-0.05, 0) is 67.3 Å². The standard InChI is InChI=1S/C18H21ClFN/c1-3-10-21-18(14-5-7-16(19)8-6-14)12-15-11-17(20)9-4-13(15)2/h4-9,11,18,21H,3,10,12H2,1-2H3. The Morgan fingerprint density at radius 3 is 2.52 bits per heavy atom. The van der Waals surface area contributed by atoms with E-state index in [1.165, 1.54) is 11.6 Å². The van der Waals surface area contributed by atoms with Gasteiger partial charge in [-0.2, -0.15) is 0 Å². The number of hydrogen-bond donors (Lipinski definition) is 1. The van der Waals surface area contributed by atoms with Gasteiger partial charge in [0.25, 0.3) is 0 Å². The SMILES string of the molecule is CCCNC(Cc1cc(F)ccc1C)c1ccc(Cl)cc1. The van der Waals surface area contributed by atoms with Crippen LogP contribution >= 0.6 is 11.6 Å². The molecule has 0 aliphatic heterocycles. The molecule has 2 rings (SSSR count). The minimum Gasteiger partial charge on any atom is -0.310 e. The first-order chi connectivity index (χ1) is 10.1. The Hall–Kier alpha value is -1.38. The maximum absolute atomic E-state index is 13.5. The Morgan fingerprint density at radius 2 is 1.86 bits per heavy atom. The van der Waals surface area contributed by atoms with Gasteiger partial charge in [0, 0.05) is 11.1 Å². The van der Waals surface area contributed by atoms with E-state index in [0.29, 0.717) is 0 Å². The second-order valence-electron chi connectivity index (χ2n) is 5.33. The van der Waals surface area contributed by atoms with Crippen molar-refractivity contribution in [3.8, 4) is 0 Å². The summed E-state index contributed by atoms with van der Waals surface area (Å²) in [5, 5.41) is 4.27. The highest BCUT2D eigenvalue weighted by atomic mass is 35.5. The topological polar surface area (TPSA) is 12.0 Å². The van der Waals surface area contributed by atoms with Crippen LogP contribution in [0.3, 0.4) is 0 Å². The van der Waals surface area contributed by atoms with E-state index < -0.39 is 0 Å². The van der Waals surface area contributed by atoms with Gasteiger partial charge < -0.3 is 5.32 Å². The van der Waals surface area contributed by atoms with E-state index >= 15 is 0 Å². The van der Waals surface area contributed by atoms with E-state index in [1.807, 2.05) is 37.3 Å². The van der Waals surface area contributed by atoms with Gasteiger partial charge in [-0.25, -0.2) is 4.39 Å². The lowest BCUT2D eigenvalue weighted by Crippen LogP contribution is -2.24. The second kappa shape index (κ2) is 7.58. The highest BCUT2D eigenvalue weighted by Crippen LogP contribution is 2.23. The van der Waals surface area contributed by atoms with Crippen molar-refractivity contribution >= 4 is 11.6 Å². The summed E-state index contributed by atoms with van der Waals surface area (Å²) in [5.41, 5.74) is 3.34. The van der Waals surface area contributed by atoms with Crippen molar-refractivity contribution in [1.29, 1.82) is 0 Å². The van der Waals surface area contributed by atoms with Crippen LogP contribution in [0.2, 0.25) is 5.02 Å². The molecule has 0 fully saturated rings. The lowest BCUT2D eigenvalue weighted by Gasteiger charge is -2.20. The zero-order chi connectivity index (χ0) is 15.2. The highest BCUT2D eigenvalue weighted by Gasteiger charge is 2.13. The second-order valence-corrected chi connectivity index (χ2v) is 5.77. The average Bonchev–Trinajstić information content (AvgIpc) is 2.48. The van der Waals surface area contributed by atoms with Crippen LogP contribution in [-0.2, 0) is 6.42 Å². The monoisotopic (exact) mass is 305 g/mol. The Balaban J connectivity index is 2.23. The normalized spacial score (nSPS) is 12.4. The van der Waals surface area contributed by atoms with Crippen molar-refractivity contribution < 1.29 is 4.39 Å². The van der Waals surface area contributed by atoms with E-state index in [2.05, 4.69) is 12.2 Å². The van der Waals surface area contributed by atoms with Crippen LogP contribution in [0.4, 0.5) is 4.39 Å². The van der Waals surface area contributed by atoms with Gasteiger partial charge in [0.2, 0.25) is 0 Å². The number of rotatable bonds is 6. The molecule has 2 aromatic rings. The van der Waals surface area contributed by atoms with Crippen molar-refractivity contribution in [2.45, 2.75) is 32.7 Å². The van der Waals surface area contributed by atoms with Gasteiger partial charge in [0.1, 0.15) is 5.82 Å². The number of halogens is 2. The Bertz CT molecular complexity index is 580. The molecule has 1 nitrogen and oxygen atoms in total. The van der Waals surface area contributed by atoms with E-state index in [0.717, 1.165) is 35.5 Å². The molecule has 0 aliphatic rings. The molecule has 0 amide bonds. The molecule has 0 saturated carbocycles. The number of nitrogens with one attached hydrogen (secondary N) is 1. The molecular weight excluding hydrogens is 285 g/mol. The first-order valence-corrected chi connectivity index (χ1v) is 7.72. The van der Waals surface area contributed by atoms with Crippen LogP contribution < -0.4 is 5.32 Å². The number of hydrogen-bond acceptors (Lipinski definition) is 1. The van der Waals surface area contributed by atoms with Crippen LogP contribution in [0.25, 0.3) is 0 Å². The summed E-state index contributed by atoms with van der Waals surface area (Å²) in [6.07, 6.45) is 1.83. The molecule has 0 radical (unpaired) electrons. The van der Waals surface area contributed by atoms with E-state index in [-0.39, 0.29) is 11.9 Å². The summed E-state index contributed by atoms with van der Waals surface area (Å²) in [4.78, 5) is 0. The maximum atomic E-state index is 13.5. The van der Waals surface area contributed by atoms with Gasteiger partial charge in [-0.1, -0.05) is 36.7 Å². The molecule has 112 valence electrons. The molecule has 1 N–H and O–H groups in total. The fourth-order valence-corrected chi connectivity index (χ4v) is 2.53. The van der Waals surface area contributed by atoms with E-state index in [1.54, 1.807) is 6.07 Å². The zero-order valence-electron chi connectivity index (χ0n) is 12.5. The predicted octanol–water partition coefficient (Wildman–Crippen LogP) is 5.07. The van der Waals surface area contributed by atoms with Gasteiger partial charge in [-0.15, -0.1) is 0 Å². The summed E-state index contributed by atoms with van der Waals surface area (Å²) in [5.74, 6) is -0.180. The van der Waals surface area contributed by atoms with E-state index in [9.17, 15) is 4.39 Å². The summed E-state index contributed by atoms with van der Waals surface area (Å²) in [7, 11) is 0. The number of benzene rings is 2. The third-order valence-electron chi connectivity index (χ3n) is 3.65. The smallest absolute Gasteiger partial charge is 0.123 e. The lowest BCUT2D eigenvalue weighted by atomic mass is 9.96. The lowest BCUT2D eigenvalue weighted by molar-refractivity contribution is 0.526. The minimum atomic E-state index is -0.180. The molecule has 1 atom stereocenters. The zero-order valence-corrected chi connectivity index (χ0v) is 13.3. The summed E-state index contributed by atoms with van der Waals surface area (Å²) >= 11 is 5.96. The molecule has 0 aliphatic carbocycles. The van der Waals surface area contributed by atoms with Crippen molar-refractivity contribution in [1.82, 2.24) is 5.32 Å². The molecule has 0 bridgehead atoms. The molecule has 21 heavy (non-hydrogen) atoms. The van der Waals surface area contributed by atoms with Crippen molar-refractivity contribution in [2.24, 2.45) is 0 Å². The average molecular weight is 306 g/mol. The molecule has 1 unspecified atom stereocenters. The van der Waals surface area contributed by atoms with Crippen LogP contribution in [0.15, 0.2) is 42.5 Å². The first kappa shape index (κ1) is 16.0. The van der Waals surface area contributed by atoms with E-state index in [4.69, 9.17) is 11.6 Å². The van der Waals surface area contributed by atoms with Gasteiger partial charge in [-0.3, -0.25) is 0 Å². The Kier molecular flexibility index (Phi) is 5.77. The van der Waals surface area contributed by atoms with Gasteiger partial charge in [0.15, 0.2) is 0 Å². The molecule has 0 aromatic heterocycles. The van der Waals surface area contributed by atoms with Gasteiger partial charge >= 0.3 is 0 Å². The molecular formula is C18H21ClFN. The minimum absolute atomic E-state index is 0.169. The molecule has 2 aromatic carbocycles. The number of aryl methyl sites for hydroxylation is 1. The summed E-state index contributed by atoms with van der Waals surface area (Å²) in [6, 6.07) is 13.0. The molecule has 0 spiro atoms. The van der Waals surface area contributed by atoms with Crippen LogP contribution in [0.5, 0.6) is 0 Å². The maximum Gasteiger partial charge on any atom is 0.123 e. The highest BCUT2D eigenvalue weighted by molar-refractivity contribution is 6.30. The summed E-state index contributed by atoms with van der Waals surface area (Å²) in [6.45, 7) is 5.09. The quantitative estimate of drug-likeness (QED) is 0.785.